The molecule has 1 spiro atoms. The fourth-order valence-corrected chi connectivity index (χ4v) is 3.98. The largest absolute Gasteiger partial charge is 0.356 e. The first-order valence-electron chi connectivity index (χ1n) is 9.96. The van der Waals surface area contributed by atoms with Crippen molar-refractivity contribution in [2.75, 3.05) is 36.5 Å². The van der Waals surface area contributed by atoms with Crippen molar-refractivity contribution in [3.05, 3.63) is 41.7 Å². The SMILES string of the molecule is CCc1cccc(CC)c1Nc1cc(N2CCC3(CC2)OCCO3)ncn1. The molecule has 4 rings (SSSR count). The van der Waals surface area contributed by atoms with Crippen molar-refractivity contribution in [3.63, 3.8) is 0 Å². The molecule has 0 amide bonds. The number of rotatable bonds is 5. The molecule has 0 aliphatic carbocycles. The third-order valence-electron chi connectivity index (χ3n) is 5.57. The molecule has 1 aromatic heterocycles. The molecule has 0 unspecified atom stereocenters. The molecule has 2 aromatic rings. The van der Waals surface area contributed by atoms with Gasteiger partial charge in [0.05, 0.1) is 13.2 Å². The third kappa shape index (κ3) is 3.77. The molecule has 27 heavy (non-hydrogen) atoms. The van der Waals surface area contributed by atoms with Crippen LogP contribution in [0.4, 0.5) is 17.3 Å². The van der Waals surface area contributed by atoms with E-state index in [1.807, 2.05) is 6.07 Å². The number of aromatic nitrogens is 2. The summed E-state index contributed by atoms with van der Waals surface area (Å²) < 4.78 is 11.7. The zero-order valence-electron chi connectivity index (χ0n) is 16.2. The van der Waals surface area contributed by atoms with Gasteiger partial charge in [0.25, 0.3) is 0 Å². The first-order valence-corrected chi connectivity index (χ1v) is 9.96. The molecule has 6 heteroatoms. The maximum Gasteiger partial charge on any atom is 0.171 e. The summed E-state index contributed by atoms with van der Waals surface area (Å²) in [6.07, 6.45) is 5.37. The summed E-state index contributed by atoms with van der Waals surface area (Å²) in [5.41, 5.74) is 3.80. The molecule has 2 aliphatic heterocycles. The van der Waals surface area contributed by atoms with Gasteiger partial charge in [0, 0.05) is 37.7 Å². The first kappa shape index (κ1) is 18.2. The molecule has 2 aliphatic rings. The fourth-order valence-electron chi connectivity index (χ4n) is 3.98. The van der Waals surface area contributed by atoms with Crippen molar-refractivity contribution >= 4 is 17.3 Å². The molecule has 0 saturated carbocycles. The van der Waals surface area contributed by atoms with Crippen molar-refractivity contribution in [1.29, 1.82) is 0 Å². The van der Waals surface area contributed by atoms with E-state index >= 15 is 0 Å². The van der Waals surface area contributed by atoms with Crippen LogP contribution < -0.4 is 10.2 Å². The zero-order valence-corrected chi connectivity index (χ0v) is 16.2. The van der Waals surface area contributed by atoms with Crippen LogP contribution in [-0.4, -0.2) is 42.1 Å². The van der Waals surface area contributed by atoms with E-state index in [0.717, 1.165) is 50.4 Å². The van der Waals surface area contributed by atoms with Crippen LogP contribution in [0, 0.1) is 0 Å². The summed E-state index contributed by atoms with van der Waals surface area (Å²) in [6.45, 7) is 7.53. The van der Waals surface area contributed by atoms with Gasteiger partial charge in [-0.3, -0.25) is 0 Å². The maximum absolute atomic E-state index is 5.83. The number of hydrogen-bond acceptors (Lipinski definition) is 6. The Morgan fingerprint density at radius 1 is 1.04 bits per heavy atom. The molecular formula is C21H28N4O2. The quantitative estimate of drug-likeness (QED) is 0.869. The lowest BCUT2D eigenvalue weighted by atomic mass is 10.0. The molecule has 0 radical (unpaired) electrons. The van der Waals surface area contributed by atoms with E-state index in [2.05, 4.69) is 52.2 Å². The monoisotopic (exact) mass is 368 g/mol. The van der Waals surface area contributed by atoms with Gasteiger partial charge in [-0.2, -0.15) is 0 Å². The van der Waals surface area contributed by atoms with Crippen LogP contribution in [0.1, 0.15) is 37.8 Å². The molecule has 0 bridgehead atoms. The lowest BCUT2D eigenvalue weighted by Crippen LogP contribution is -2.45. The van der Waals surface area contributed by atoms with Crippen molar-refractivity contribution in [2.45, 2.75) is 45.3 Å². The highest BCUT2D eigenvalue weighted by molar-refractivity contribution is 5.66. The number of benzene rings is 1. The zero-order chi connectivity index (χ0) is 18.7. The number of nitrogens with one attached hydrogen (secondary N) is 1. The molecule has 6 nitrogen and oxygen atoms in total. The van der Waals surface area contributed by atoms with E-state index in [-0.39, 0.29) is 5.79 Å². The van der Waals surface area contributed by atoms with Gasteiger partial charge in [-0.05, 0) is 24.0 Å². The Labute approximate surface area is 160 Å². The van der Waals surface area contributed by atoms with Crippen molar-refractivity contribution in [3.8, 4) is 0 Å². The molecular weight excluding hydrogens is 340 g/mol. The number of anilines is 3. The Balaban J connectivity index is 1.51. The molecule has 1 aromatic carbocycles. The van der Waals surface area contributed by atoms with E-state index < -0.39 is 0 Å². The molecule has 2 fully saturated rings. The van der Waals surface area contributed by atoms with Gasteiger partial charge in [-0.1, -0.05) is 32.0 Å². The Bertz CT molecular complexity index is 757. The highest BCUT2D eigenvalue weighted by atomic mass is 16.7. The van der Waals surface area contributed by atoms with Gasteiger partial charge in [0.1, 0.15) is 18.0 Å². The predicted molar refractivity (Wildman–Crippen MR) is 107 cm³/mol. The predicted octanol–water partition coefficient (Wildman–Crippen LogP) is 3.69. The average molecular weight is 368 g/mol. The van der Waals surface area contributed by atoms with E-state index in [1.54, 1.807) is 6.33 Å². The Morgan fingerprint density at radius 3 is 2.33 bits per heavy atom. The van der Waals surface area contributed by atoms with E-state index in [0.29, 0.717) is 13.2 Å². The summed E-state index contributed by atoms with van der Waals surface area (Å²) in [6, 6.07) is 8.52. The van der Waals surface area contributed by atoms with E-state index in [9.17, 15) is 0 Å². The molecule has 0 atom stereocenters. The smallest absolute Gasteiger partial charge is 0.171 e. The van der Waals surface area contributed by atoms with Crippen LogP contribution in [0.3, 0.4) is 0 Å². The summed E-state index contributed by atoms with van der Waals surface area (Å²) in [5.74, 6) is 1.43. The number of ether oxygens (including phenoxy) is 2. The Morgan fingerprint density at radius 2 is 1.70 bits per heavy atom. The van der Waals surface area contributed by atoms with Crippen molar-refractivity contribution in [1.82, 2.24) is 9.97 Å². The van der Waals surface area contributed by atoms with Gasteiger partial charge in [0.15, 0.2) is 5.79 Å². The third-order valence-corrected chi connectivity index (χ3v) is 5.57. The summed E-state index contributed by atoms with van der Waals surface area (Å²) in [7, 11) is 0. The second-order valence-electron chi connectivity index (χ2n) is 7.14. The van der Waals surface area contributed by atoms with E-state index in [1.165, 1.54) is 16.8 Å². The summed E-state index contributed by atoms with van der Waals surface area (Å²) >= 11 is 0. The van der Waals surface area contributed by atoms with E-state index in [4.69, 9.17) is 9.47 Å². The number of aryl methyl sites for hydroxylation is 2. The number of hydrogen-bond donors (Lipinski definition) is 1. The van der Waals surface area contributed by atoms with Gasteiger partial charge >= 0.3 is 0 Å². The van der Waals surface area contributed by atoms with Gasteiger partial charge in [-0.15, -0.1) is 0 Å². The molecule has 1 N–H and O–H groups in total. The number of para-hydroxylation sites is 1. The lowest BCUT2D eigenvalue weighted by Gasteiger charge is -2.38. The van der Waals surface area contributed by atoms with Crippen LogP contribution in [0.5, 0.6) is 0 Å². The highest BCUT2D eigenvalue weighted by Crippen LogP contribution is 2.33. The van der Waals surface area contributed by atoms with Gasteiger partial charge in [-0.25, -0.2) is 9.97 Å². The summed E-state index contributed by atoms with van der Waals surface area (Å²) in [4.78, 5) is 11.2. The van der Waals surface area contributed by atoms with Crippen LogP contribution >= 0.6 is 0 Å². The van der Waals surface area contributed by atoms with Crippen molar-refractivity contribution < 1.29 is 9.47 Å². The highest BCUT2D eigenvalue weighted by Gasteiger charge is 2.40. The van der Waals surface area contributed by atoms with Gasteiger partial charge < -0.3 is 19.7 Å². The van der Waals surface area contributed by atoms with Crippen LogP contribution in [0.15, 0.2) is 30.6 Å². The summed E-state index contributed by atoms with van der Waals surface area (Å²) in [5, 5.41) is 3.54. The minimum atomic E-state index is -0.360. The standard InChI is InChI=1S/C21H28N4O2/c1-3-16-6-5-7-17(4-2)20(16)24-18-14-19(23-15-22-18)25-10-8-21(9-11-25)26-12-13-27-21/h5-7,14-15H,3-4,8-13H2,1-2H3,(H,22,23,24). The molecule has 144 valence electrons. The Hall–Kier alpha value is -2.18. The normalized spacial score (nSPS) is 18.8. The van der Waals surface area contributed by atoms with Crippen molar-refractivity contribution in [2.24, 2.45) is 0 Å². The van der Waals surface area contributed by atoms with Gasteiger partial charge in [0.2, 0.25) is 0 Å². The number of piperidine rings is 1. The second-order valence-corrected chi connectivity index (χ2v) is 7.14. The number of nitrogens with zero attached hydrogens (tertiary/aromatic N) is 3. The van der Waals surface area contributed by atoms with Crippen LogP contribution in [0.2, 0.25) is 0 Å². The van der Waals surface area contributed by atoms with Crippen LogP contribution in [-0.2, 0) is 22.3 Å². The molecule has 2 saturated heterocycles. The fraction of sp³-hybridized carbons (Fsp3) is 0.524. The molecule has 3 heterocycles. The minimum absolute atomic E-state index is 0.360. The average Bonchev–Trinajstić information content (AvgIpc) is 3.17. The maximum atomic E-state index is 5.83. The first-order chi connectivity index (χ1) is 13.2. The Kier molecular flexibility index (Phi) is 5.27. The second kappa shape index (κ2) is 7.82. The lowest BCUT2D eigenvalue weighted by molar-refractivity contribution is -0.169. The minimum Gasteiger partial charge on any atom is -0.356 e. The van der Waals surface area contributed by atoms with Crippen LogP contribution in [0.25, 0.3) is 0 Å². The topological polar surface area (TPSA) is 59.5 Å².